The zero-order valence-corrected chi connectivity index (χ0v) is 11.4. The number of aliphatic hydroxyl groups is 3. The predicted octanol–water partition coefficient (Wildman–Crippen LogP) is -0.0679. The standard InChI is InChI=1S/C12H12FN3O4S/c13-7-2-14-11-5(15-7)1-4(12(21)16-11)10-9(19)8(18)6(3-17)20-10/h1-2,6,8-10,17-19H,3H2,(H,14,16,21)/t6-,8?,9+,10+/m1/s1. The van der Waals surface area contributed by atoms with E-state index < -0.39 is 37.0 Å². The van der Waals surface area contributed by atoms with Crippen LogP contribution in [0.4, 0.5) is 4.39 Å². The van der Waals surface area contributed by atoms with Crippen LogP contribution in [0.1, 0.15) is 11.7 Å². The lowest BCUT2D eigenvalue weighted by Gasteiger charge is -2.16. The van der Waals surface area contributed by atoms with Gasteiger partial charge in [0.05, 0.1) is 12.8 Å². The molecule has 0 aliphatic carbocycles. The first kappa shape index (κ1) is 14.4. The van der Waals surface area contributed by atoms with Crippen LogP contribution in [0, 0.1) is 10.6 Å². The Balaban J connectivity index is 2.07. The first-order valence-corrected chi connectivity index (χ1v) is 6.60. The molecule has 4 atom stereocenters. The summed E-state index contributed by atoms with van der Waals surface area (Å²) in [6.07, 6.45) is -3.32. The van der Waals surface area contributed by atoms with E-state index >= 15 is 0 Å². The minimum absolute atomic E-state index is 0.141. The van der Waals surface area contributed by atoms with E-state index in [-0.39, 0.29) is 10.3 Å². The van der Waals surface area contributed by atoms with Gasteiger partial charge >= 0.3 is 0 Å². The second kappa shape index (κ2) is 5.35. The first-order chi connectivity index (χ1) is 10.0. The molecule has 21 heavy (non-hydrogen) atoms. The van der Waals surface area contributed by atoms with Gasteiger partial charge < -0.3 is 25.0 Å². The van der Waals surface area contributed by atoms with E-state index in [2.05, 4.69) is 15.0 Å². The van der Waals surface area contributed by atoms with E-state index in [4.69, 9.17) is 22.1 Å². The summed E-state index contributed by atoms with van der Waals surface area (Å²) in [5.41, 5.74) is 0.530. The number of aromatic nitrogens is 3. The summed E-state index contributed by atoms with van der Waals surface area (Å²) in [5, 5.41) is 28.9. The fourth-order valence-corrected chi connectivity index (χ4v) is 2.59. The van der Waals surface area contributed by atoms with Crippen molar-refractivity contribution in [3.63, 3.8) is 0 Å². The monoisotopic (exact) mass is 313 g/mol. The van der Waals surface area contributed by atoms with Gasteiger partial charge in [0.15, 0.2) is 5.82 Å². The van der Waals surface area contributed by atoms with Crippen molar-refractivity contribution in [3.05, 3.63) is 28.4 Å². The van der Waals surface area contributed by atoms with Gasteiger partial charge in [-0.1, -0.05) is 12.2 Å². The Labute approximate surface area is 123 Å². The molecule has 4 N–H and O–H groups in total. The maximum atomic E-state index is 13.2. The maximum absolute atomic E-state index is 13.2. The maximum Gasteiger partial charge on any atom is 0.229 e. The topological polar surface area (TPSA) is 111 Å². The number of nitrogens with zero attached hydrogens (tertiary/aromatic N) is 2. The molecule has 3 aliphatic rings. The van der Waals surface area contributed by atoms with Gasteiger partial charge in [-0.15, -0.1) is 0 Å². The zero-order valence-electron chi connectivity index (χ0n) is 10.6. The van der Waals surface area contributed by atoms with Gasteiger partial charge in [0.1, 0.15) is 34.8 Å². The van der Waals surface area contributed by atoms with Crippen molar-refractivity contribution < 1.29 is 24.4 Å². The number of ether oxygens (including phenoxy) is 1. The third kappa shape index (κ3) is 2.43. The van der Waals surface area contributed by atoms with Gasteiger partial charge in [-0.3, -0.25) is 0 Å². The quantitative estimate of drug-likeness (QED) is 0.574. The van der Waals surface area contributed by atoms with Crippen LogP contribution in [0.2, 0.25) is 0 Å². The Bertz CT molecular complexity index is 697. The fraction of sp³-hybridized carbons (Fsp3) is 0.417. The number of aliphatic hydroxyl groups excluding tert-OH is 3. The van der Waals surface area contributed by atoms with E-state index in [0.717, 1.165) is 6.20 Å². The highest BCUT2D eigenvalue weighted by Gasteiger charge is 2.43. The minimum atomic E-state index is -1.26. The van der Waals surface area contributed by atoms with Gasteiger partial charge in [-0.2, -0.15) is 4.39 Å². The van der Waals surface area contributed by atoms with Crippen molar-refractivity contribution >= 4 is 12.2 Å². The van der Waals surface area contributed by atoms with Crippen LogP contribution in [0.3, 0.4) is 0 Å². The molecule has 1 unspecified atom stereocenters. The van der Waals surface area contributed by atoms with E-state index in [9.17, 15) is 14.6 Å². The smallest absolute Gasteiger partial charge is 0.229 e. The number of halogens is 1. The Morgan fingerprint density at radius 1 is 1.33 bits per heavy atom. The third-order valence-corrected chi connectivity index (χ3v) is 3.73. The number of hydrogen-bond donors (Lipinski definition) is 4. The minimum Gasteiger partial charge on any atom is -0.394 e. The van der Waals surface area contributed by atoms with Crippen LogP contribution >= 0.6 is 12.2 Å². The molecule has 0 amide bonds. The lowest BCUT2D eigenvalue weighted by Crippen LogP contribution is -2.32. The molecule has 7 nitrogen and oxygen atoms in total. The van der Waals surface area contributed by atoms with Crippen LogP contribution in [0.25, 0.3) is 11.5 Å². The van der Waals surface area contributed by atoms with Gasteiger partial charge in [0, 0.05) is 5.56 Å². The van der Waals surface area contributed by atoms with E-state index in [0.29, 0.717) is 11.4 Å². The van der Waals surface area contributed by atoms with Crippen molar-refractivity contribution in [2.24, 2.45) is 0 Å². The zero-order chi connectivity index (χ0) is 15.1. The molecular weight excluding hydrogens is 301 g/mol. The number of pyridine rings is 1. The number of nitrogens with one attached hydrogen (secondary N) is 1. The van der Waals surface area contributed by atoms with E-state index in [1.54, 1.807) is 0 Å². The van der Waals surface area contributed by atoms with Crippen LogP contribution in [-0.4, -0.2) is 55.2 Å². The molecular formula is C12H12FN3O4S. The van der Waals surface area contributed by atoms with Gasteiger partial charge in [0.2, 0.25) is 5.95 Å². The summed E-state index contributed by atoms with van der Waals surface area (Å²) in [6.45, 7) is -0.441. The molecule has 112 valence electrons. The largest absolute Gasteiger partial charge is 0.394 e. The molecule has 3 rings (SSSR count). The molecule has 1 fully saturated rings. The summed E-state index contributed by atoms with van der Waals surface area (Å²) in [4.78, 5) is 10.4. The van der Waals surface area contributed by atoms with Crippen molar-refractivity contribution in [3.8, 4) is 11.5 Å². The molecule has 0 radical (unpaired) electrons. The molecule has 3 heterocycles. The molecule has 3 aliphatic heterocycles. The molecule has 9 heteroatoms. The van der Waals surface area contributed by atoms with E-state index in [1.807, 2.05) is 0 Å². The Hall–Kier alpha value is -1.52. The van der Waals surface area contributed by atoms with Crippen LogP contribution in [0.5, 0.6) is 0 Å². The van der Waals surface area contributed by atoms with Gasteiger partial charge in [-0.25, -0.2) is 9.97 Å². The summed E-state index contributed by atoms with van der Waals surface area (Å²) >= 11 is 5.13. The second-order valence-corrected chi connectivity index (χ2v) is 5.12. The molecule has 0 bridgehead atoms. The predicted molar refractivity (Wildman–Crippen MR) is 70.5 cm³/mol. The molecule has 0 saturated carbocycles. The van der Waals surface area contributed by atoms with Crippen molar-refractivity contribution in [1.29, 1.82) is 0 Å². The average molecular weight is 313 g/mol. The van der Waals surface area contributed by atoms with Gasteiger partial charge in [0.25, 0.3) is 0 Å². The normalized spacial score (nSPS) is 29.1. The molecule has 1 saturated heterocycles. The Morgan fingerprint density at radius 3 is 2.76 bits per heavy atom. The van der Waals surface area contributed by atoms with Crippen molar-refractivity contribution in [1.82, 2.24) is 15.0 Å². The summed E-state index contributed by atoms with van der Waals surface area (Å²) in [6, 6.07) is 1.45. The number of aromatic amines is 1. The van der Waals surface area contributed by atoms with Crippen LogP contribution in [0.15, 0.2) is 12.3 Å². The molecule has 0 aromatic rings. The highest BCUT2D eigenvalue weighted by Crippen LogP contribution is 2.35. The van der Waals surface area contributed by atoms with Crippen molar-refractivity contribution in [2.75, 3.05) is 6.61 Å². The van der Waals surface area contributed by atoms with Crippen LogP contribution < -0.4 is 0 Å². The third-order valence-electron chi connectivity index (χ3n) is 3.40. The van der Waals surface area contributed by atoms with E-state index in [1.165, 1.54) is 6.07 Å². The number of fused-ring (bicyclic) bond motifs is 1. The average Bonchev–Trinajstić information content (AvgIpc) is 2.75. The Morgan fingerprint density at radius 2 is 2.10 bits per heavy atom. The number of H-pyrrole nitrogens is 1. The first-order valence-electron chi connectivity index (χ1n) is 6.19. The number of hydrogen-bond acceptors (Lipinski definition) is 7. The highest BCUT2D eigenvalue weighted by atomic mass is 32.1. The summed E-state index contributed by atoms with van der Waals surface area (Å²) < 4.78 is 18.7. The summed E-state index contributed by atoms with van der Waals surface area (Å²) in [5.74, 6) is -0.412. The second-order valence-electron chi connectivity index (χ2n) is 4.73. The fourth-order valence-electron chi connectivity index (χ4n) is 2.33. The molecule has 0 aromatic heterocycles. The lowest BCUT2D eigenvalue weighted by molar-refractivity contribution is -0.0229. The van der Waals surface area contributed by atoms with Crippen LogP contribution in [-0.2, 0) is 4.74 Å². The van der Waals surface area contributed by atoms with Crippen molar-refractivity contribution in [2.45, 2.75) is 24.4 Å². The SMILES string of the molecule is OC[C@H]1O[C@@H](c2cc3nc(F)c[nH]c-3nc2=S)[C@@H](O)C1O. The molecule has 0 aromatic carbocycles. The highest BCUT2D eigenvalue weighted by molar-refractivity contribution is 7.71. The summed E-state index contributed by atoms with van der Waals surface area (Å²) in [7, 11) is 0. The lowest BCUT2D eigenvalue weighted by atomic mass is 10.0. The Kier molecular flexibility index (Phi) is 3.68. The molecule has 0 spiro atoms. The number of rotatable bonds is 2. The van der Waals surface area contributed by atoms with Gasteiger partial charge in [-0.05, 0) is 6.07 Å².